The van der Waals surface area contributed by atoms with Gasteiger partial charge in [0.05, 0.1) is 6.04 Å². The number of hydrogen-bond acceptors (Lipinski definition) is 6. The number of thiocarbonyl (C=S) groups is 1. The summed E-state index contributed by atoms with van der Waals surface area (Å²) in [5, 5.41) is 7.20. The molecule has 1 aromatic heterocycles. The average Bonchev–Trinajstić information content (AvgIpc) is 3.24. The third kappa shape index (κ3) is 6.68. The van der Waals surface area contributed by atoms with E-state index in [1.165, 1.54) is 36.9 Å². The first-order valence-electron chi connectivity index (χ1n) is 13.5. The molecule has 0 saturated carbocycles. The maximum absolute atomic E-state index is 5.67. The number of rotatable bonds is 6. The second-order valence-corrected chi connectivity index (χ2v) is 10.3. The number of para-hydroxylation sites is 1. The third-order valence-corrected chi connectivity index (χ3v) is 7.45. The molecule has 1 atom stereocenters. The van der Waals surface area contributed by atoms with Gasteiger partial charge in [-0.25, -0.2) is 0 Å². The van der Waals surface area contributed by atoms with Gasteiger partial charge in [0.2, 0.25) is 5.95 Å². The Kier molecular flexibility index (Phi) is 8.35. The largest absolute Gasteiger partial charge is 0.368 e. The van der Waals surface area contributed by atoms with Crippen LogP contribution < -0.4 is 25.3 Å². The minimum atomic E-state index is 0.0838. The summed E-state index contributed by atoms with van der Waals surface area (Å²) in [6, 6.07) is 23.2. The molecule has 2 aromatic carbocycles. The van der Waals surface area contributed by atoms with Crippen molar-refractivity contribution in [3.05, 3.63) is 72.3 Å². The van der Waals surface area contributed by atoms with Crippen molar-refractivity contribution in [3.8, 4) is 0 Å². The van der Waals surface area contributed by atoms with Gasteiger partial charge in [-0.3, -0.25) is 0 Å². The Balaban J connectivity index is 1.32. The number of nitrogens with zero attached hydrogens (tertiary/aromatic N) is 5. The maximum Gasteiger partial charge on any atom is 0.232 e. The summed E-state index contributed by atoms with van der Waals surface area (Å²) < 4.78 is 0. The van der Waals surface area contributed by atoms with Gasteiger partial charge in [0.15, 0.2) is 5.11 Å². The first-order valence-corrected chi connectivity index (χ1v) is 13.9. The molecule has 2 saturated heterocycles. The lowest BCUT2D eigenvalue weighted by Gasteiger charge is -2.37. The Morgan fingerprint density at radius 1 is 0.730 bits per heavy atom. The molecule has 2 fully saturated rings. The first-order chi connectivity index (χ1) is 18.2. The van der Waals surface area contributed by atoms with Gasteiger partial charge in [0, 0.05) is 51.0 Å². The van der Waals surface area contributed by atoms with Gasteiger partial charge in [-0.05, 0) is 49.7 Å². The molecule has 3 aromatic rings. The normalized spacial score (nSPS) is 17.2. The number of piperazine rings is 1. The second-order valence-electron chi connectivity index (χ2n) is 9.85. The molecule has 0 aliphatic carbocycles. The summed E-state index contributed by atoms with van der Waals surface area (Å²) in [4.78, 5) is 17.1. The van der Waals surface area contributed by atoms with Crippen molar-refractivity contribution in [1.29, 1.82) is 0 Å². The zero-order valence-corrected chi connectivity index (χ0v) is 22.5. The standard InChI is InChI=1S/C29H37N7S/c1-23(24-12-6-4-7-13-24)30-29(37)33-28-31-26(35-16-10-2-3-11-17-35)22-27(32-28)36-20-18-34(19-21-36)25-14-8-5-9-15-25/h4-9,12-15,22-23H,2-3,10-11,16-21H2,1H3,(H2,30,31,32,33,37)/t23-/m1/s1. The summed E-state index contributed by atoms with van der Waals surface area (Å²) in [5.41, 5.74) is 2.46. The monoisotopic (exact) mass is 515 g/mol. The molecule has 0 unspecified atom stereocenters. The summed E-state index contributed by atoms with van der Waals surface area (Å²) in [7, 11) is 0. The fourth-order valence-corrected chi connectivity index (χ4v) is 5.36. The smallest absolute Gasteiger partial charge is 0.232 e. The van der Waals surface area contributed by atoms with Crippen molar-refractivity contribution in [2.75, 3.05) is 59.3 Å². The van der Waals surface area contributed by atoms with Crippen LogP contribution in [-0.4, -0.2) is 54.3 Å². The predicted molar refractivity (Wildman–Crippen MR) is 158 cm³/mol. The Morgan fingerprint density at radius 2 is 1.27 bits per heavy atom. The molecule has 0 radical (unpaired) electrons. The third-order valence-electron chi connectivity index (χ3n) is 7.23. The van der Waals surface area contributed by atoms with Gasteiger partial charge in [0.25, 0.3) is 0 Å². The maximum atomic E-state index is 5.67. The van der Waals surface area contributed by atoms with Crippen LogP contribution in [0.3, 0.4) is 0 Å². The molecule has 0 bridgehead atoms. The van der Waals surface area contributed by atoms with Crippen LogP contribution in [0.15, 0.2) is 66.7 Å². The zero-order chi connectivity index (χ0) is 25.5. The van der Waals surface area contributed by atoms with E-state index >= 15 is 0 Å². The molecular weight excluding hydrogens is 478 g/mol. The lowest BCUT2D eigenvalue weighted by molar-refractivity contribution is 0.646. The van der Waals surface area contributed by atoms with Crippen molar-refractivity contribution in [1.82, 2.24) is 15.3 Å². The van der Waals surface area contributed by atoms with Gasteiger partial charge in [-0.15, -0.1) is 0 Å². The van der Waals surface area contributed by atoms with E-state index in [0.29, 0.717) is 11.1 Å². The Morgan fingerprint density at radius 3 is 1.89 bits per heavy atom. The van der Waals surface area contributed by atoms with E-state index in [2.05, 4.69) is 80.8 Å². The number of aromatic nitrogens is 2. The van der Waals surface area contributed by atoms with Crippen LogP contribution in [0, 0.1) is 0 Å². The summed E-state index contributed by atoms with van der Waals surface area (Å²) in [6.45, 7) is 7.93. The molecule has 7 nitrogen and oxygen atoms in total. The molecule has 2 N–H and O–H groups in total. The summed E-state index contributed by atoms with van der Waals surface area (Å²) in [6.07, 6.45) is 4.97. The van der Waals surface area contributed by atoms with Gasteiger partial charge >= 0.3 is 0 Å². The van der Waals surface area contributed by atoms with Crippen molar-refractivity contribution in [2.45, 2.75) is 38.6 Å². The van der Waals surface area contributed by atoms with Gasteiger partial charge < -0.3 is 25.3 Å². The van der Waals surface area contributed by atoms with Crippen LogP contribution in [0.25, 0.3) is 0 Å². The minimum Gasteiger partial charge on any atom is -0.368 e. The Hall–Kier alpha value is -3.39. The fourth-order valence-electron chi connectivity index (χ4n) is 5.09. The topological polar surface area (TPSA) is 59.6 Å². The quantitative estimate of drug-likeness (QED) is 0.433. The van der Waals surface area contributed by atoms with Crippen LogP contribution in [0.5, 0.6) is 0 Å². The van der Waals surface area contributed by atoms with E-state index in [9.17, 15) is 0 Å². The molecular formula is C29H37N7S. The molecule has 194 valence electrons. The second kappa shape index (κ2) is 12.2. The van der Waals surface area contributed by atoms with Crippen LogP contribution in [-0.2, 0) is 0 Å². The van der Waals surface area contributed by atoms with E-state index in [0.717, 1.165) is 50.9 Å². The molecule has 8 heteroatoms. The average molecular weight is 516 g/mol. The van der Waals surface area contributed by atoms with E-state index in [4.69, 9.17) is 22.2 Å². The lowest BCUT2D eigenvalue weighted by atomic mass is 10.1. The van der Waals surface area contributed by atoms with Crippen LogP contribution in [0.4, 0.5) is 23.3 Å². The zero-order valence-electron chi connectivity index (χ0n) is 21.6. The van der Waals surface area contributed by atoms with Crippen molar-refractivity contribution >= 4 is 40.6 Å². The molecule has 0 amide bonds. The highest BCUT2D eigenvalue weighted by Gasteiger charge is 2.22. The van der Waals surface area contributed by atoms with Crippen molar-refractivity contribution in [2.24, 2.45) is 0 Å². The van der Waals surface area contributed by atoms with E-state index in [-0.39, 0.29) is 6.04 Å². The molecule has 2 aliphatic rings. The lowest BCUT2D eigenvalue weighted by Crippen LogP contribution is -2.47. The summed E-state index contributed by atoms with van der Waals surface area (Å²) in [5.74, 6) is 2.50. The van der Waals surface area contributed by atoms with Gasteiger partial charge in [-0.1, -0.05) is 61.4 Å². The number of benzene rings is 2. The fraction of sp³-hybridized carbons (Fsp3) is 0.414. The molecule has 2 aliphatic heterocycles. The van der Waals surface area contributed by atoms with E-state index in [1.54, 1.807) is 0 Å². The van der Waals surface area contributed by atoms with Crippen molar-refractivity contribution in [3.63, 3.8) is 0 Å². The van der Waals surface area contributed by atoms with Crippen LogP contribution in [0.2, 0.25) is 0 Å². The molecule has 0 spiro atoms. The Bertz CT molecular complexity index is 1140. The number of anilines is 4. The highest BCUT2D eigenvalue weighted by Crippen LogP contribution is 2.26. The highest BCUT2D eigenvalue weighted by molar-refractivity contribution is 7.80. The van der Waals surface area contributed by atoms with Crippen LogP contribution >= 0.6 is 12.2 Å². The Labute approximate surface area is 225 Å². The van der Waals surface area contributed by atoms with E-state index < -0.39 is 0 Å². The van der Waals surface area contributed by atoms with Crippen molar-refractivity contribution < 1.29 is 0 Å². The number of nitrogens with one attached hydrogen (secondary N) is 2. The van der Waals surface area contributed by atoms with Gasteiger partial charge in [-0.2, -0.15) is 9.97 Å². The molecule has 37 heavy (non-hydrogen) atoms. The summed E-state index contributed by atoms with van der Waals surface area (Å²) >= 11 is 5.67. The van der Waals surface area contributed by atoms with Gasteiger partial charge in [0.1, 0.15) is 11.6 Å². The minimum absolute atomic E-state index is 0.0838. The highest BCUT2D eigenvalue weighted by atomic mass is 32.1. The van der Waals surface area contributed by atoms with Crippen LogP contribution in [0.1, 0.15) is 44.2 Å². The molecule has 3 heterocycles. The first kappa shape index (κ1) is 25.3. The van der Waals surface area contributed by atoms with E-state index in [1.807, 2.05) is 18.2 Å². The number of hydrogen-bond donors (Lipinski definition) is 2. The SMILES string of the molecule is C[C@@H](NC(=S)Nc1nc(N2CCCCCC2)cc(N2CCN(c3ccccc3)CC2)n1)c1ccccc1. The predicted octanol–water partition coefficient (Wildman–Crippen LogP) is 5.23. The molecule has 5 rings (SSSR count).